The van der Waals surface area contributed by atoms with Crippen molar-refractivity contribution in [3.63, 3.8) is 0 Å². The molecule has 0 amide bonds. The zero-order valence-electron chi connectivity index (χ0n) is 19.0. The Balaban J connectivity index is 0.00000137. The van der Waals surface area contributed by atoms with E-state index in [1.54, 1.807) is 20.9 Å². The van der Waals surface area contributed by atoms with Gasteiger partial charge in [-0.25, -0.2) is 0 Å². The van der Waals surface area contributed by atoms with E-state index in [1.165, 1.54) is 66.8 Å². The lowest BCUT2D eigenvalue weighted by Crippen LogP contribution is -3.28. The highest BCUT2D eigenvalue weighted by Crippen LogP contribution is 2.35. The Bertz CT molecular complexity index is 1300. The molecule has 7 heteroatoms. The molecule has 1 unspecified atom stereocenters. The smallest absolute Gasteiger partial charge is 0.304 e. The number of nitrogens with one attached hydrogen (secondary N) is 3. The number of hydrogen-bond donors (Lipinski definition) is 3. The first-order valence-corrected chi connectivity index (χ1v) is 12.6. The summed E-state index contributed by atoms with van der Waals surface area (Å²) in [6.07, 6.45) is 2.31. The van der Waals surface area contributed by atoms with Crippen molar-refractivity contribution in [1.82, 2.24) is 4.98 Å². The fourth-order valence-corrected chi connectivity index (χ4v) is 6.31. The third kappa shape index (κ3) is 4.81. The molecule has 1 fully saturated rings. The van der Waals surface area contributed by atoms with Crippen molar-refractivity contribution in [2.75, 3.05) is 32.7 Å². The van der Waals surface area contributed by atoms with Gasteiger partial charge in [0, 0.05) is 23.8 Å². The molecule has 6 rings (SSSR count). The van der Waals surface area contributed by atoms with Crippen LogP contribution in [-0.4, -0.2) is 37.7 Å². The zero-order valence-corrected chi connectivity index (χ0v) is 21.3. The Morgan fingerprint density at radius 2 is 1.65 bits per heavy atom. The fourth-order valence-electron chi connectivity index (χ4n) is 5.72. The van der Waals surface area contributed by atoms with Crippen molar-refractivity contribution < 1.29 is 34.6 Å². The minimum absolute atomic E-state index is 0. The van der Waals surface area contributed by atoms with Gasteiger partial charge in [-0.3, -0.25) is 4.79 Å². The van der Waals surface area contributed by atoms with E-state index in [-0.39, 0.29) is 29.7 Å². The summed E-state index contributed by atoms with van der Waals surface area (Å²) < 4.78 is 0. The van der Waals surface area contributed by atoms with Gasteiger partial charge in [0.05, 0.1) is 12.2 Å². The SMILES string of the molecule is O=c1[nH]c(-c2ccc(CC[NH+]3CC[NH+](C4Cc5cccc6cccc4c56)CC3)cc2)cs1.[Cl-].[Cl-]. The predicted octanol–water partition coefficient (Wildman–Crippen LogP) is -4.11. The maximum absolute atomic E-state index is 11.4. The Morgan fingerprint density at radius 3 is 2.35 bits per heavy atom. The van der Waals surface area contributed by atoms with Crippen molar-refractivity contribution in [3.05, 3.63) is 92.4 Å². The van der Waals surface area contributed by atoms with Gasteiger partial charge in [0.25, 0.3) is 0 Å². The lowest BCUT2D eigenvalue weighted by molar-refractivity contribution is -1.03. The minimum atomic E-state index is 0. The van der Waals surface area contributed by atoms with Crippen LogP contribution in [0.2, 0.25) is 0 Å². The van der Waals surface area contributed by atoms with Crippen molar-refractivity contribution in [1.29, 1.82) is 0 Å². The number of benzene rings is 3. The van der Waals surface area contributed by atoms with Gasteiger partial charge in [-0.15, -0.1) is 0 Å². The Labute approximate surface area is 216 Å². The van der Waals surface area contributed by atoms with E-state index < -0.39 is 0 Å². The van der Waals surface area contributed by atoms with Crippen LogP contribution in [0.3, 0.4) is 0 Å². The van der Waals surface area contributed by atoms with Crippen molar-refractivity contribution >= 4 is 22.1 Å². The van der Waals surface area contributed by atoms with E-state index in [4.69, 9.17) is 0 Å². The molecule has 3 aromatic carbocycles. The van der Waals surface area contributed by atoms with Gasteiger partial charge in [-0.2, -0.15) is 0 Å². The number of aromatic amines is 1. The summed E-state index contributed by atoms with van der Waals surface area (Å²) in [4.78, 5) is 17.8. The topological polar surface area (TPSA) is 41.7 Å². The van der Waals surface area contributed by atoms with E-state index in [1.807, 2.05) is 5.38 Å². The molecular weight excluding hydrogens is 485 g/mol. The number of aromatic nitrogens is 1. The molecule has 2 heterocycles. The normalized spacial score (nSPS) is 21.1. The highest BCUT2D eigenvalue weighted by atomic mass is 35.5. The monoisotopic (exact) mass is 513 g/mol. The van der Waals surface area contributed by atoms with Gasteiger partial charge >= 0.3 is 4.87 Å². The first-order chi connectivity index (χ1) is 15.7. The standard InChI is InChI=1S/C27H27N3OS.2ClH/c31-27-28-24(18-32-27)20-9-7-19(8-10-20)11-12-29-13-15-30(16-14-29)25-17-22-5-1-3-21-4-2-6-23(25)26(21)22;;/h1-10,18,25H,11-17H2,(H,28,31);2*1H. The number of hydrogen-bond acceptors (Lipinski definition) is 2. The number of rotatable bonds is 5. The lowest BCUT2D eigenvalue weighted by Gasteiger charge is -2.33. The van der Waals surface area contributed by atoms with Crippen molar-refractivity contribution in [2.24, 2.45) is 0 Å². The second-order valence-electron chi connectivity index (χ2n) is 9.29. The molecule has 4 aromatic rings. The molecule has 1 aromatic heterocycles. The van der Waals surface area contributed by atoms with E-state index >= 15 is 0 Å². The molecule has 178 valence electrons. The molecule has 0 spiro atoms. The minimum Gasteiger partial charge on any atom is -1.00 e. The van der Waals surface area contributed by atoms with E-state index in [0.29, 0.717) is 6.04 Å². The summed E-state index contributed by atoms with van der Waals surface area (Å²) in [7, 11) is 0. The summed E-state index contributed by atoms with van der Waals surface area (Å²) in [5, 5.41) is 4.83. The van der Waals surface area contributed by atoms with Crippen LogP contribution in [0.25, 0.3) is 22.0 Å². The van der Waals surface area contributed by atoms with Gasteiger partial charge in [0.15, 0.2) is 0 Å². The Hall–Kier alpha value is -2.15. The molecule has 1 atom stereocenters. The average molecular weight is 515 g/mol. The molecule has 0 bridgehead atoms. The summed E-state index contributed by atoms with van der Waals surface area (Å²) >= 11 is 1.22. The molecule has 1 aliphatic carbocycles. The van der Waals surface area contributed by atoms with E-state index in [9.17, 15) is 4.79 Å². The molecule has 4 nitrogen and oxygen atoms in total. The van der Waals surface area contributed by atoms with Gasteiger partial charge in [-0.05, 0) is 27.5 Å². The second-order valence-corrected chi connectivity index (χ2v) is 10.1. The Morgan fingerprint density at radius 1 is 0.912 bits per heavy atom. The van der Waals surface area contributed by atoms with Crippen molar-refractivity contribution in [2.45, 2.75) is 18.9 Å². The van der Waals surface area contributed by atoms with Gasteiger partial charge < -0.3 is 39.6 Å². The van der Waals surface area contributed by atoms with Crippen LogP contribution in [-0.2, 0) is 12.8 Å². The van der Waals surface area contributed by atoms with Crippen LogP contribution in [0.4, 0.5) is 0 Å². The number of quaternary nitrogens is 2. The largest absolute Gasteiger partial charge is 1.00 e. The van der Waals surface area contributed by atoms with Crippen LogP contribution >= 0.6 is 11.3 Å². The molecule has 2 aliphatic rings. The van der Waals surface area contributed by atoms with Crippen LogP contribution in [0.1, 0.15) is 22.7 Å². The van der Waals surface area contributed by atoms with Crippen LogP contribution < -0.4 is 39.5 Å². The van der Waals surface area contributed by atoms with E-state index in [0.717, 1.165) is 17.7 Å². The van der Waals surface area contributed by atoms with Crippen LogP contribution in [0, 0.1) is 0 Å². The third-order valence-electron chi connectivity index (χ3n) is 7.47. The quantitative estimate of drug-likeness (QED) is 0.249. The molecule has 0 radical (unpaired) electrons. The third-order valence-corrected chi connectivity index (χ3v) is 8.14. The summed E-state index contributed by atoms with van der Waals surface area (Å²) in [6, 6.07) is 23.0. The summed E-state index contributed by atoms with van der Waals surface area (Å²) in [5.74, 6) is 0. The lowest BCUT2D eigenvalue weighted by atomic mass is 10.0. The molecule has 3 N–H and O–H groups in total. The summed E-state index contributed by atoms with van der Waals surface area (Å²) in [5.41, 5.74) is 6.50. The first-order valence-electron chi connectivity index (χ1n) is 11.7. The zero-order chi connectivity index (χ0) is 21.5. The first kappa shape index (κ1) is 25.0. The maximum Gasteiger partial charge on any atom is 0.304 e. The van der Waals surface area contributed by atoms with Crippen molar-refractivity contribution in [3.8, 4) is 11.3 Å². The number of thiazole rings is 1. The van der Waals surface area contributed by atoms with Gasteiger partial charge in [0.1, 0.15) is 32.2 Å². The number of piperazine rings is 1. The molecule has 0 saturated carbocycles. The highest BCUT2D eigenvalue weighted by molar-refractivity contribution is 7.07. The molecule has 1 saturated heterocycles. The number of halogens is 2. The fraction of sp³-hybridized carbons (Fsp3) is 0.296. The average Bonchev–Trinajstić information content (AvgIpc) is 3.44. The van der Waals surface area contributed by atoms with Gasteiger partial charge in [0.2, 0.25) is 0 Å². The molecular formula is C27H29Cl2N3OS. The summed E-state index contributed by atoms with van der Waals surface area (Å²) in [6.45, 7) is 6.23. The predicted molar refractivity (Wildman–Crippen MR) is 131 cm³/mol. The second kappa shape index (κ2) is 10.6. The van der Waals surface area contributed by atoms with Gasteiger partial charge in [-0.1, -0.05) is 72.0 Å². The van der Waals surface area contributed by atoms with Crippen LogP contribution in [0.15, 0.2) is 70.8 Å². The van der Waals surface area contributed by atoms with E-state index in [2.05, 4.69) is 65.6 Å². The maximum atomic E-state index is 11.4. The van der Waals surface area contributed by atoms with Crippen LogP contribution in [0.5, 0.6) is 0 Å². The molecule has 1 aliphatic heterocycles. The number of H-pyrrole nitrogens is 1. The highest BCUT2D eigenvalue weighted by Gasteiger charge is 2.35. The Kier molecular flexibility index (Phi) is 7.80. The molecule has 34 heavy (non-hydrogen) atoms.